The Labute approximate surface area is 120 Å². The van der Waals surface area contributed by atoms with Gasteiger partial charge in [-0.25, -0.2) is 4.39 Å². The Bertz CT molecular complexity index is 574. The molecule has 1 unspecified atom stereocenters. The molecule has 6 heteroatoms. The van der Waals surface area contributed by atoms with Crippen LogP contribution in [0.2, 0.25) is 5.02 Å². The van der Waals surface area contributed by atoms with Crippen molar-refractivity contribution in [1.29, 1.82) is 0 Å². The van der Waals surface area contributed by atoms with E-state index in [4.69, 9.17) is 11.6 Å². The average molecular weight is 297 g/mol. The maximum Gasteiger partial charge on any atom is 0.249 e. The maximum absolute atomic E-state index is 14.1. The van der Waals surface area contributed by atoms with Gasteiger partial charge in [0, 0.05) is 13.0 Å². The number of hydrogen-bond acceptors (Lipinski definition) is 2. The first-order valence-corrected chi connectivity index (χ1v) is 7.00. The number of halogens is 2. The molecule has 1 aromatic rings. The van der Waals surface area contributed by atoms with Crippen LogP contribution in [-0.4, -0.2) is 24.4 Å². The lowest BCUT2D eigenvalue weighted by Crippen LogP contribution is -2.46. The van der Waals surface area contributed by atoms with Crippen LogP contribution < -0.4 is 10.2 Å². The molecule has 1 saturated carbocycles. The Morgan fingerprint density at radius 3 is 2.75 bits per heavy atom. The van der Waals surface area contributed by atoms with Crippen LogP contribution in [0, 0.1) is 11.7 Å². The van der Waals surface area contributed by atoms with Crippen molar-refractivity contribution in [3.8, 4) is 0 Å². The predicted octanol–water partition coefficient (Wildman–Crippen LogP) is 2.11. The van der Waals surface area contributed by atoms with Crippen molar-refractivity contribution < 1.29 is 14.0 Å². The van der Waals surface area contributed by atoms with Gasteiger partial charge in [-0.15, -0.1) is 0 Å². The van der Waals surface area contributed by atoms with E-state index in [1.807, 2.05) is 0 Å². The van der Waals surface area contributed by atoms with Gasteiger partial charge in [-0.2, -0.15) is 0 Å². The first-order valence-electron chi connectivity index (χ1n) is 6.62. The number of rotatable bonds is 2. The number of carbonyl (C=O) groups excluding carboxylic acids is 2. The molecular weight excluding hydrogens is 283 g/mol. The normalized spacial score (nSPS) is 23.5. The van der Waals surface area contributed by atoms with Crippen molar-refractivity contribution in [2.24, 2.45) is 5.92 Å². The van der Waals surface area contributed by atoms with Gasteiger partial charge in [0.1, 0.15) is 6.04 Å². The van der Waals surface area contributed by atoms with Crippen molar-refractivity contribution in [3.05, 3.63) is 29.0 Å². The minimum atomic E-state index is -0.619. The van der Waals surface area contributed by atoms with E-state index in [-0.39, 0.29) is 41.4 Å². The largest absolute Gasteiger partial charge is 0.344 e. The highest BCUT2D eigenvalue weighted by molar-refractivity contribution is 6.31. The monoisotopic (exact) mass is 296 g/mol. The SMILES string of the molecule is O=C1CCN(c2cccc(Cl)c2F)C(=O)C(C2CC2)N1. The summed E-state index contributed by atoms with van der Waals surface area (Å²) in [6.07, 6.45) is 2.01. The van der Waals surface area contributed by atoms with Crippen LogP contribution in [0.4, 0.5) is 10.1 Å². The Kier molecular flexibility index (Phi) is 3.38. The molecule has 0 radical (unpaired) electrons. The number of hydrogen-bond donors (Lipinski definition) is 1. The molecule has 2 amide bonds. The maximum atomic E-state index is 14.1. The van der Waals surface area contributed by atoms with Crippen LogP contribution in [0.3, 0.4) is 0 Å². The molecule has 0 spiro atoms. The third kappa shape index (κ3) is 2.38. The fourth-order valence-corrected chi connectivity index (χ4v) is 2.66. The molecule has 1 aliphatic heterocycles. The van der Waals surface area contributed by atoms with Crippen LogP contribution in [0.5, 0.6) is 0 Å². The van der Waals surface area contributed by atoms with Crippen LogP contribution >= 0.6 is 11.6 Å². The summed E-state index contributed by atoms with van der Waals surface area (Å²) in [4.78, 5) is 25.6. The highest BCUT2D eigenvalue weighted by atomic mass is 35.5. The fraction of sp³-hybridized carbons (Fsp3) is 0.429. The number of anilines is 1. The topological polar surface area (TPSA) is 49.4 Å². The van der Waals surface area contributed by atoms with E-state index >= 15 is 0 Å². The molecule has 2 fully saturated rings. The molecule has 3 rings (SSSR count). The second kappa shape index (κ2) is 5.05. The van der Waals surface area contributed by atoms with Crippen molar-refractivity contribution >= 4 is 29.1 Å². The molecule has 20 heavy (non-hydrogen) atoms. The molecule has 4 nitrogen and oxygen atoms in total. The van der Waals surface area contributed by atoms with E-state index in [1.165, 1.54) is 17.0 Å². The predicted molar refractivity (Wildman–Crippen MR) is 73.0 cm³/mol. The lowest BCUT2D eigenvalue weighted by Gasteiger charge is -2.24. The zero-order valence-corrected chi connectivity index (χ0v) is 11.5. The van der Waals surface area contributed by atoms with Crippen LogP contribution in [0.15, 0.2) is 18.2 Å². The summed E-state index contributed by atoms with van der Waals surface area (Å²) in [6.45, 7) is 0.172. The summed E-state index contributed by atoms with van der Waals surface area (Å²) in [6, 6.07) is 4.01. The number of carbonyl (C=O) groups is 2. The third-order valence-corrected chi connectivity index (χ3v) is 4.02. The standard InChI is InChI=1S/C14H14ClFN2O2/c15-9-2-1-3-10(12(9)16)18-7-6-11(19)17-13(14(18)20)8-4-5-8/h1-3,8,13H,4-7H2,(H,17,19). The second-order valence-corrected chi connectivity index (χ2v) is 5.60. The Hall–Kier alpha value is -1.62. The molecule has 0 bridgehead atoms. The minimum absolute atomic E-state index is 0.0261. The van der Waals surface area contributed by atoms with E-state index in [9.17, 15) is 14.0 Å². The Balaban J connectivity index is 1.96. The van der Waals surface area contributed by atoms with Gasteiger partial charge in [-0.3, -0.25) is 9.59 Å². The van der Waals surface area contributed by atoms with E-state index in [2.05, 4.69) is 5.32 Å². The second-order valence-electron chi connectivity index (χ2n) is 5.20. The van der Waals surface area contributed by atoms with Gasteiger partial charge in [0.05, 0.1) is 10.7 Å². The number of nitrogens with one attached hydrogen (secondary N) is 1. The molecule has 2 aliphatic rings. The molecule has 1 aliphatic carbocycles. The molecule has 1 heterocycles. The van der Waals surface area contributed by atoms with E-state index in [1.54, 1.807) is 6.07 Å². The van der Waals surface area contributed by atoms with Crippen molar-refractivity contribution in [2.45, 2.75) is 25.3 Å². The molecule has 0 aromatic heterocycles. The van der Waals surface area contributed by atoms with Crippen molar-refractivity contribution in [1.82, 2.24) is 5.32 Å². The molecule has 1 aromatic carbocycles. The highest BCUT2D eigenvalue weighted by Crippen LogP contribution is 2.35. The fourth-order valence-electron chi connectivity index (χ4n) is 2.49. The summed E-state index contributed by atoms with van der Waals surface area (Å²) in [5.74, 6) is -0.861. The lowest BCUT2D eigenvalue weighted by molar-refractivity contribution is -0.126. The van der Waals surface area contributed by atoms with Gasteiger partial charge in [0.2, 0.25) is 11.8 Å². The number of nitrogens with zero attached hydrogens (tertiary/aromatic N) is 1. The van der Waals surface area contributed by atoms with E-state index < -0.39 is 11.9 Å². The van der Waals surface area contributed by atoms with Gasteiger partial charge in [0.15, 0.2) is 5.82 Å². The zero-order valence-electron chi connectivity index (χ0n) is 10.7. The number of amides is 2. The van der Waals surface area contributed by atoms with E-state index in [0.29, 0.717) is 0 Å². The zero-order chi connectivity index (χ0) is 14.3. The summed E-state index contributed by atoms with van der Waals surface area (Å²) in [7, 11) is 0. The number of benzene rings is 1. The summed E-state index contributed by atoms with van der Waals surface area (Å²) in [5, 5.41) is 2.71. The van der Waals surface area contributed by atoms with Gasteiger partial charge in [-0.05, 0) is 30.9 Å². The van der Waals surface area contributed by atoms with Crippen molar-refractivity contribution in [2.75, 3.05) is 11.4 Å². The average Bonchev–Trinajstić information content (AvgIpc) is 3.24. The molecule has 1 atom stereocenters. The smallest absolute Gasteiger partial charge is 0.249 e. The van der Waals surface area contributed by atoms with Crippen molar-refractivity contribution in [3.63, 3.8) is 0 Å². The highest BCUT2D eigenvalue weighted by Gasteiger charge is 2.41. The molecular formula is C14H14ClFN2O2. The van der Waals surface area contributed by atoms with Gasteiger partial charge in [0.25, 0.3) is 0 Å². The van der Waals surface area contributed by atoms with Gasteiger partial charge in [-0.1, -0.05) is 17.7 Å². The summed E-state index contributed by atoms with van der Waals surface area (Å²) in [5.41, 5.74) is 0.143. The Morgan fingerprint density at radius 2 is 2.05 bits per heavy atom. The van der Waals surface area contributed by atoms with Crippen LogP contribution in [0.25, 0.3) is 0 Å². The first-order chi connectivity index (χ1) is 9.58. The van der Waals surface area contributed by atoms with Crippen LogP contribution in [-0.2, 0) is 9.59 Å². The summed E-state index contributed by atoms with van der Waals surface area (Å²) < 4.78 is 14.1. The molecule has 1 saturated heterocycles. The molecule has 106 valence electrons. The van der Waals surface area contributed by atoms with E-state index in [0.717, 1.165) is 12.8 Å². The Morgan fingerprint density at radius 1 is 1.30 bits per heavy atom. The summed E-state index contributed by atoms with van der Waals surface area (Å²) >= 11 is 5.77. The first kappa shape index (κ1) is 13.4. The quantitative estimate of drug-likeness (QED) is 0.909. The molecule has 1 N–H and O–H groups in total. The van der Waals surface area contributed by atoms with Gasteiger partial charge < -0.3 is 10.2 Å². The minimum Gasteiger partial charge on any atom is -0.344 e. The van der Waals surface area contributed by atoms with Gasteiger partial charge >= 0.3 is 0 Å². The lowest BCUT2D eigenvalue weighted by atomic mass is 10.1. The third-order valence-electron chi connectivity index (χ3n) is 3.73. The van der Waals surface area contributed by atoms with Crippen LogP contribution in [0.1, 0.15) is 19.3 Å².